The third kappa shape index (κ3) is 2.82. The van der Waals surface area contributed by atoms with Gasteiger partial charge in [-0.25, -0.2) is 0 Å². The van der Waals surface area contributed by atoms with Gasteiger partial charge in [0.05, 0.1) is 6.61 Å². The van der Waals surface area contributed by atoms with E-state index >= 15 is 0 Å². The Kier molecular flexibility index (Phi) is 4.10. The van der Waals surface area contributed by atoms with Gasteiger partial charge in [0.25, 0.3) is 0 Å². The first-order valence-electron chi connectivity index (χ1n) is 7.74. The fourth-order valence-corrected chi connectivity index (χ4v) is 2.85. The van der Waals surface area contributed by atoms with Gasteiger partial charge in [-0.3, -0.25) is 4.79 Å². The van der Waals surface area contributed by atoms with E-state index in [-0.39, 0.29) is 5.78 Å². The van der Waals surface area contributed by atoms with E-state index in [1.54, 1.807) is 6.08 Å². The number of carbonyl (C=O) groups excluding carboxylic acids is 1. The average Bonchev–Trinajstić information content (AvgIpc) is 2.95. The number of ether oxygens (including phenoxy) is 1. The first-order valence-corrected chi connectivity index (χ1v) is 7.74. The molecular formula is C20H20O2. The van der Waals surface area contributed by atoms with Crippen LogP contribution in [0.2, 0.25) is 0 Å². The number of benzene rings is 2. The Balaban J connectivity index is 1.82. The molecule has 1 unspecified atom stereocenters. The molecule has 0 N–H and O–H groups in total. The summed E-state index contributed by atoms with van der Waals surface area (Å²) < 4.78 is 5.68. The van der Waals surface area contributed by atoms with E-state index in [0.29, 0.717) is 5.92 Å². The van der Waals surface area contributed by atoms with Gasteiger partial charge in [0.1, 0.15) is 5.75 Å². The lowest BCUT2D eigenvalue weighted by Gasteiger charge is -2.05. The summed E-state index contributed by atoms with van der Waals surface area (Å²) in [4.78, 5) is 12.3. The topological polar surface area (TPSA) is 26.3 Å². The summed E-state index contributed by atoms with van der Waals surface area (Å²) in [6.45, 7) is 4.90. The van der Waals surface area contributed by atoms with Gasteiger partial charge in [0, 0.05) is 17.0 Å². The van der Waals surface area contributed by atoms with E-state index < -0.39 is 0 Å². The predicted octanol–water partition coefficient (Wildman–Crippen LogP) is 4.78. The molecule has 2 nitrogen and oxygen atoms in total. The number of carbonyl (C=O) groups is 1. The fraction of sp³-hybridized carbons (Fsp3) is 0.250. The minimum atomic E-state index is 0.0434. The number of allylic oxidation sites excluding steroid dienone is 1. The lowest BCUT2D eigenvalue weighted by molar-refractivity contribution is 0.104. The number of hydrogen-bond acceptors (Lipinski definition) is 2. The lowest BCUT2D eigenvalue weighted by atomic mass is 9.96. The fourth-order valence-electron chi connectivity index (χ4n) is 2.85. The Morgan fingerprint density at radius 1 is 1.27 bits per heavy atom. The monoisotopic (exact) mass is 292 g/mol. The highest BCUT2D eigenvalue weighted by molar-refractivity contribution is 6.07. The third-order valence-corrected chi connectivity index (χ3v) is 4.24. The summed E-state index contributed by atoms with van der Waals surface area (Å²) in [5, 5.41) is 0. The lowest BCUT2D eigenvalue weighted by Crippen LogP contribution is -1.98. The molecule has 0 aromatic heterocycles. The zero-order valence-corrected chi connectivity index (χ0v) is 13.0. The largest absolute Gasteiger partial charge is 0.493 e. The van der Waals surface area contributed by atoms with Crippen LogP contribution in [-0.2, 0) is 0 Å². The molecule has 0 saturated carbocycles. The highest BCUT2D eigenvalue weighted by Gasteiger charge is 2.22. The van der Waals surface area contributed by atoms with Crippen LogP contribution in [0.15, 0.2) is 48.5 Å². The molecule has 1 aliphatic rings. The number of fused-ring (bicyclic) bond motifs is 1. The average molecular weight is 292 g/mol. The molecule has 2 heteroatoms. The minimum absolute atomic E-state index is 0.0434. The van der Waals surface area contributed by atoms with Crippen molar-refractivity contribution in [3.63, 3.8) is 0 Å². The summed E-state index contributed by atoms with van der Waals surface area (Å²) in [6, 6.07) is 13.8. The smallest absolute Gasteiger partial charge is 0.186 e. The van der Waals surface area contributed by atoms with Crippen LogP contribution >= 0.6 is 0 Å². The van der Waals surface area contributed by atoms with Crippen molar-refractivity contribution in [2.45, 2.75) is 26.2 Å². The van der Waals surface area contributed by atoms with Crippen LogP contribution < -0.4 is 4.74 Å². The van der Waals surface area contributed by atoms with Crippen molar-refractivity contribution < 1.29 is 9.53 Å². The molecule has 0 fully saturated rings. The Hall–Kier alpha value is -2.35. The number of rotatable bonds is 4. The van der Waals surface area contributed by atoms with Crippen LogP contribution in [0.25, 0.3) is 6.08 Å². The quantitative estimate of drug-likeness (QED) is 0.599. The number of ketones is 1. The summed E-state index contributed by atoms with van der Waals surface area (Å²) in [5.74, 6) is 1.49. The van der Waals surface area contributed by atoms with Crippen LogP contribution in [0.4, 0.5) is 0 Å². The summed E-state index contributed by atoms with van der Waals surface area (Å²) in [5.41, 5.74) is 4.07. The van der Waals surface area contributed by atoms with E-state index in [9.17, 15) is 4.79 Å². The van der Waals surface area contributed by atoms with E-state index in [1.807, 2.05) is 49.4 Å². The summed E-state index contributed by atoms with van der Waals surface area (Å²) >= 11 is 0. The highest BCUT2D eigenvalue weighted by Crippen LogP contribution is 2.36. The number of hydrogen-bond donors (Lipinski definition) is 0. The molecule has 2 aromatic carbocycles. The Labute approximate surface area is 131 Å². The van der Waals surface area contributed by atoms with Crippen LogP contribution in [0.1, 0.15) is 46.3 Å². The highest BCUT2D eigenvalue weighted by atomic mass is 16.5. The third-order valence-electron chi connectivity index (χ3n) is 4.24. The van der Waals surface area contributed by atoms with Crippen molar-refractivity contribution in [1.82, 2.24) is 0 Å². The molecule has 0 bridgehead atoms. The van der Waals surface area contributed by atoms with Gasteiger partial charge in [-0.15, -0.1) is 0 Å². The van der Waals surface area contributed by atoms with Gasteiger partial charge in [0.15, 0.2) is 5.78 Å². The first kappa shape index (κ1) is 14.6. The molecule has 3 rings (SSSR count). The van der Waals surface area contributed by atoms with E-state index in [2.05, 4.69) is 13.0 Å². The maximum absolute atomic E-state index is 12.3. The Morgan fingerprint density at radius 3 is 2.86 bits per heavy atom. The predicted molar refractivity (Wildman–Crippen MR) is 89.5 cm³/mol. The molecule has 2 aromatic rings. The van der Waals surface area contributed by atoms with Gasteiger partial charge in [-0.2, -0.15) is 0 Å². The SMILES string of the molecule is CCC1COc2ccc(/C=C/C(=O)c3ccccc3C)cc21. The second kappa shape index (κ2) is 6.18. The minimum Gasteiger partial charge on any atom is -0.493 e. The van der Waals surface area contributed by atoms with E-state index in [0.717, 1.165) is 35.5 Å². The van der Waals surface area contributed by atoms with E-state index in [4.69, 9.17) is 4.74 Å². The van der Waals surface area contributed by atoms with Crippen molar-refractivity contribution in [2.75, 3.05) is 6.61 Å². The summed E-state index contributed by atoms with van der Waals surface area (Å²) in [6.07, 6.45) is 4.61. The molecule has 0 saturated heterocycles. The van der Waals surface area contributed by atoms with Crippen molar-refractivity contribution >= 4 is 11.9 Å². The van der Waals surface area contributed by atoms with Gasteiger partial charge in [-0.05, 0) is 42.7 Å². The van der Waals surface area contributed by atoms with Crippen LogP contribution in [-0.4, -0.2) is 12.4 Å². The maximum atomic E-state index is 12.3. The maximum Gasteiger partial charge on any atom is 0.186 e. The van der Waals surface area contributed by atoms with Gasteiger partial charge in [-0.1, -0.05) is 43.3 Å². The van der Waals surface area contributed by atoms with Crippen molar-refractivity contribution in [1.29, 1.82) is 0 Å². The molecule has 1 heterocycles. The standard InChI is InChI=1S/C20H20O2/c1-3-16-13-22-20-11-9-15(12-18(16)20)8-10-19(21)17-7-5-4-6-14(17)2/h4-12,16H,3,13H2,1-2H3/b10-8+. The zero-order chi connectivity index (χ0) is 15.5. The Bertz CT molecular complexity index is 728. The van der Waals surface area contributed by atoms with Crippen molar-refractivity contribution in [2.24, 2.45) is 0 Å². The Morgan fingerprint density at radius 2 is 2.09 bits per heavy atom. The molecule has 112 valence electrons. The number of aryl methyl sites for hydroxylation is 1. The summed E-state index contributed by atoms with van der Waals surface area (Å²) in [7, 11) is 0. The van der Waals surface area contributed by atoms with Crippen LogP contribution in [0.5, 0.6) is 5.75 Å². The van der Waals surface area contributed by atoms with E-state index in [1.165, 1.54) is 5.56 Å². The zero-order valence-electron chi connectivity index (χ0n) is 13.0. The molecule has 0 spiro atoms. The van der Waals surface area contributed by atoms with Crippen molar-refractivity contribution in [3.8, 4) is 5.75 Å². The molecule has 22 heavy (non-hydrogen) atoms. The molecule has 0 radical (unpaired) electrons. The van der Waals surface area contributed by atoms with Crippen LogP contribution in [0.3, 0.4) is 0 Å². The second-order valence-electron chi connectivity index (χ2n) is 5.73. The normalized spacial score (nSPS) is 16.5. The molecule has 1 aliphatic heterocycles. The molecule has 0 amide bonds. The molecular weight excluding hydrogens is 272 g/mol. The molecule has 0 aliphatic carbocycles. The van der Waals surface area contributed by atoms with Gasteiger partial charge < -0.3 is 4.74 Å². The molecule has 1 atom stereocenters. The van der Waals surface area contributed by atoms with Gasteiger partial charge >= 0.3 is 0 Å². The first-order chi connectivity index (χ1) is 10.7. The van der Waals surface area contributed by atoms with Crippen LogP contribution in [0, 0.1) is 6.92 Å². The van der Waals surface area contributed by atoms with Crippen molar-refractivity contribution in [3.05, 3.63) is 70.8 Å². The second-order valence-corrected chi connectivity index (χ2v) is 5.73. The van der Waals surface area contributed by atoms with Gasteiger partial charge in [0.2, 0.25) is 0 Å².